The summed E-state index contributed by atoms with van der Waals surface area (Å²) in [5.41, 5.74) is 9.47. The molecule has 2 amide bonds. The van der Waals surface area contributed by atoms with Gasteiger partial charge in [0.25, 0.3) is 11.8 Å². The van der Waals surface area contributed by atoms with Crippen molar-refractivity contribution in [2.75, 3.05) is 20.3 Å². The summed E-state index contributed by atoms with van der Waals surface area (Å²) in [7, 11) is 1.50. The number of amides is 2. The molecule has 3 aromatic carbocycles. The van der Waals surface area contributed by atoms with Gasteiger partial charge < -0.3 is 24.7 Å². The second kappa shape index (κ2) is 13.0. The molecular formula is C26H26ClN3O6. The van der Waals surface area contributed by atoms with Crippen LogP contribution in [0.15, 0.2) is 65.8 Å². The van der Waals surface area contributed by atoms with Gasteiger partial charge in [-0.3, -0.25) is 9.59 Å². The SMILES string of the molecule is CCOc1cc(/C=N/NC(=O)c2ccc(OCc3ccccc3)c(OC)c2)cc(Cl)c1OCC(N)=O. The standard InChI is InChI=1S/C26H26ClN3O6/c1-3-34-23-12-18(11-20(27)25(23)36-16-24(28)31)14-29-30-26(32)19-9-10-21(22(13-19)33-2)35-15-17-7-5-4-6-8-17/h4-14H,3,15-16H2,1-2H3,(H2,28,31)(H,30,32)/b29-14+. The molecule has 0 heterocycles. The number of carbonyl (C=O) groups excluding carboxylic acids is 2. The van der Waals surface area contributed by atoms with Gasteiger partial charge in [-0.15, -0.1) is 0 Å². The first-order valence-corrected chi connectivity index (χ1v) is 11.3. The van der Waals surface area contributed by atoms with Crippen molar-refractivity contribution in [3.8, 4) is 23.0 Å². The normalized spacial score (nSPS) is 10.6. The first-order valence-electron chi connectivity index (χ1n) is 11.0. The van der Waals surface area contributed by atoms with E-state index < -0.39 is 11.8 Å². The summed E-state index contributed by atoms with van der Waals surface area (Å²) < 4.78 is 22.1. The number of primary amides is 1. The van der Waals surface area contributed by atoms with Crippen LogP contribution in [0.1, 0.15) is 28.4 Å². The van der Waals surface area contributed by atoms with Crippen molar-refractivity contribution in [2.24, 2.45) is 10.8 Å². The number of halogens is 1. The average Bonchev–Trinajstić information content (AvgIpc) is 2.87. The Hall–Kier alpha value is -4.24. The van der Waals surface area contributed by atoms with Gasteiger partial charge in [0.1, 0.15) is 6.61 Å². The predicted molar refractivity (Wildman–Crippen MR) is 136 cm³/mol. The molecule has 0 unspecified atom stereocenters. The molecule has 3 aromatic rings. The minimum absolute atomic E-state index is 0.195. The summed E-state index contributed by atoms with van der Waals surface area (Å²) in [4.78, 5) is 23.6. The topological polar surface area (TPSA) is 121 Å². The Morgan fingerprint density at radius 3 is 2.47 bits per heavy atom. The molecule has 0 spiro atoms. The second-order valence-corrected chi connectivity index (χ2v) is 7.76. The Morgan fingerprint density at radius 1 is 1.00 bits per heavy atom. The maximum absolute atomic E-state index is 12.6. The highest BCUT2D eigenvalue weighted by molar-refractivity contribution is 6.32. The minimum Gasteiger partial charge on any atom is -0.493 e. The van der Waals surface area contributed by atoms with Crippen LogP contribution in [-0.2, 0) is 11.4 Å². The van der Waals surface area contributed by atoms with Gasteiger partial charge in [-0.2, -0.15) is 5.10 Å². The summed E-state index contributed by atoms with van der Waals surface area (Å²) >= 11 is 6.27. The van der Waals surface area contributed by atoms with Crippen LogP contribution in [0, 0.1) is 0 Å². The molecule has 188 valence electrons. The first kappa shape index (κ1) is 26.4. The molecule has 0 aromatic heterocycles. The van der Waals surface area contributed by atoms with E-state index in [1.807, 2.05) is 30.3 Å². The average molecular weight is 512 g/mol. The minimum atomic E-state index is -0.644. The highest BCUT2D eigenvalue weighted by Crippen LogP contribution is 2.36. The smallest absolute Gasteiger partial charge is 0.271 e. The van der Waals surface area contributed by atoms with Crippen LogP contribution in [0.25, 0.3) is 0 Å². The van der Waals surface area contributed by atoms with Crippen LogP contribution < -0.4 is 30.1 Å². The molecule has 3 rings (SSSR count). The van der Waals surface area contributed by atoms with Crippen LogP contribution in [-0.4, -0.2) is 38.4 Å². The molecule has 0 aliphatic carbocycles. The molecule has 0 saturated heterocycles. The fourth-order valence-electron chi connectivity index (χ4n) is 3.10. The number of ether oxygens (including phenoxy) is 4. The van der Waals surface area contributed by atoms with E-state index in [4.69, 9.17) is 36.3 Å². The molecule has 0 radical (unpaired) electrons. The van der Waals surface area contributed by atoms with Gasteiger partial charge in [0.05, 0.1) is 25.0 Å². The lowest BCUT2D eigenvalue weighted by Gasteiger charge is -2.13. The largest absolute Gasteiger partial charge is 0.493 e. The number of hydrogen-bond acceptors (Lipinski definition) is 7. The Balaban J connectivity index is 1.67. The van der Waals surface area contributed by atoms with E-state index in [2.05, 4.69) is 10.5 Å². The summed E-state index contributed by atoms with van der Waals surface area (Å²) in [6.07, 6.45) is 1.40. The highest BCUT2D eigenvalue weighted by Gasteiger charge is 2.14. The number of hydrogen-bond donors (Lipinski definition) is 2. The fraction of sp³-hybridized carbons (Fsp3) is 0.192. The van der Waals surface area contributed by atoms with Crippen molar-refractivity contribution in [3.05, 3.63) is 82.4 Å². The lowest BCUT2D eigenvalue weighted by molar-refractivity contribution is -0.119. The Labute approximate surface area is 213 Å². The lowest BCUT2D eigenvalue weighted by Crippen LogP contribution is -2.20. The van der Waals surface area contributed by atoms with Gasteiger partial charge in [-0.05, 0) is 48.4 Å². The molecule has 0 atom stereocenters. The Kier molecular flexibility index (Phi) is 9.53. The molecule has 0 bridgehead atoms. The van der Waals surface area contributed by atoms with Crippen molar-refractivity contribution in [2.45, 2.75) is 13.5 Å². The molecule has 0 fully saturated rings. The number of nitrogens with zero attached hydrogens (tertiary/aromatic N) is 1. The maximum atomic E-state index is 12.6. The van der Waals surface area contributed by atoms with Crippen molar-refractivity contribution >= 4 is 29.6 Å². The molecule has 0 aliphatic rings. The molecule has 3 N–H and O–H groups in total. The van der Waals surface area contributed by atoms with Gasteiger partial charge in [0, 0.05) is 5.56 Å². The summed E-state index contributed by atoms with van der Waals surface area (Å²) in [6.45, 7) is 2.15. The number of carbonyl (C=O) groups is 2. The molecule has 10 heteroatoms. The number of rotatable bonds is 12. The van der Waals surface area contributed by atoms with E-state index in [9.17, 15) is 9.59 Å². The Morgan fingerprint density at radius 2 is 1.78 bits per heavy atom. The van der Waals surface area contributed by atoms with Gasteiger partial charge in [-0.25, -0.2) is 5.43 Å². The van der Waals surface area contributed by atoms with E-state index in [1.54, 1.807) is 37.3 Å². The second-order valence-electron chi connectivity index (χ2n) is 7.36. The lowest BCUT2D eigenvalue weighted by atomic mass is 10.2. The van der Waals surface area contributed by atoms with Crippen molar-refractivity contribution in [1.82, 2.24) is 5.43 Å². The number of benzene rings is 3. The van der Waals surface area contributed by atoms with Crippen LogP contribution in [0.5, 0.6) is 23.0 Å². The predicted octanol–water partition coefficient (Wildman–Crippen LogP) is 3.95. The van der Waals surface area contributed by atoms with Crippen LogP contribution >= 0.6 is 11.6 Å². The molecule has 0 aliphatic heterocycles. The van der Waals surface area contributed by atoms with Gasteiger partial charge in [-0.1, -0.05) is 41.9 Å². The molecular weight excluding hydrogens is 486 g/mol. The molecule has 0 saturated carbocycles. The summed E-state index contributed by atoms with van der Waals surface area (Å²) in [5.74, 6) is 0.349. The number of nitrogens with two attached hydrogens (primary N) is 1. The highest BCUT2D eigenvalue weighted by atomic mass is 35.5. The van der Waals surface area contributed by atoms with Crippen molar-refractivity contribution in [1.29, 1.82) is 0 Å². The van der Waals surface area contributed by atoms with E-state index in [1.165, 1.54) is 13.3 Å². The summed E-state index contributed by atoms with van der Waals surface area (Å²) in [5, 5.41) is 4.19. The van der Waals surface area contributed by atoms with E-state index in [0.29, 0.717) is 41.6 Å². The van der Waals surface area contributed by atoms with Crippen molar-refractivity contribution in [3.63, 3.8) is 0 Å². The number of hydrazone groups is 1. The van der Waals surface area contributed by atoms with E-state index >= 15 is 0 Å². The van der Waals surface area contributed by atoms with Crippen LogP contribution in [0.3, 0.4) is 0 Å². The third kappa shape index (κ3) is 7.38. The first-order chi connectivity index (χ1) is 17.4. The third-order valence-corrected chi connectivity index (χ3v) is 5.01. The van der Waals surface area contributed by atoms with Crippen LogP contribution in [0.2, 0.25) is 5.02 Å². The van der Waals surface area contributed by atoms with Gasteiger partial charge in [0.15, 0.2) is 29.6 Å². The zero-order valence-electron chi connectivity index (χ0n) is 19.8. The fourth-order valence-corrected chi connectivity index (χ4v) is 3.38. The quantitative estimate of drug-likeness (QED) is 0.280. The maximum Gasteiger partial charge on any atom is 0.271 e. The monoisotopic (exact) mass is 511 g/mol. The van der Waals surface area contributed by atoms with Gasteiger partial charge >= 0.3 is 0 Å². The summed E-state index contributed by atoms with van der Waals surface area (Å²) in [6, 6.07) is 17.7. The number of nitrogens with one attached hydrogen (secondary N) is 1. The van der Waals surface area contributed by atoms with E-state index in [-0.39, 0.29) is 17.4 Å². The van der Waals surface area contributed by atoms with Gasteiger partial charge in [0.2, 0.25) is 0 Å². The molecule has 36 heavy (non-hydrogen) atoms. The van der Waals surface area contributed by atoms with E-state index in [0.717, 1.165) is 5.56 Å². The van der Waals surface area contributed by atoms with Crippen molar-refractivity contribution < 1.29 is 28.5 Å². The number of methoxy groups -OCH3 is 1. The third-order valence-electron chi connectivity index (χ3n) is 4.73. The zero-order chi connectivity index (χ0) is 25.9. The molecule has 9 nitrogen and oxygen atoms in total. The zero-order valence-corrected chi connectivity index (χ0v) is 20.6. The Bertz CT molecular complexity index is 1230. The van der Waals surface area contributed by atoms with Crippen LogP contribution in [0.4, 0.5) is 0 Å².